The summed E-state index contributed by atoms with van der Waals surface area (Å²) < 4.78 is 0.921. The maximum Gasteiger partial charge on any atom is 0.222 e. The van der Waals surface area contributed by atoms with Crippen LogP contribution in [0.4, 0.5) is 5.95 Å². The van der Waals surface area contributed by atoms with Gasteiger partial charge in [-0.2, -0.15) is 0 Å². The molecule has 16 heavy (non-hydrogen) atoms. The summed E-state index contributed by atoms with van der Waals surface area (Å²) in [4.78, 5) is 8.42. The van der Waals surface area contributed by atoms with Gasteiger partial charge < -0.3 is 5.32 Å². The first-order valence-electron chi connectivity index (χ1n) is 5.95. The van der Waals surface area contributed by atoms with Crippen molar-refractivity contribution in [3.63, 3.8) is 0 Å². The van der Waals surface area contributed by atoms with E-state index in [0.717, 1.165) is 28.8 Å². The maximum atomic E-state index is 4.21. The van der Waals surface area contributed by atoms with Crippen molar-refractivity contribution >= 4 is 21.9 Å². The zero-order chi connectivity index (χ0) is 11.4. The fourth-order valence-corrected chi connectivity index (χ4v) is 2.38. The van der Waals surface area contributed by atoms with Crippen LogP contribution in [0.5, 0.6) is 0 Å². The third kappa shape index (κ3) is 3.44. The minimum absolute atomic E-state index is 0.738. The van der Waals surface area contributed by atoms with E-state index in [4.69, 9.17) is 0 Å². The van der Waals surface area contributed by atoms with Crippen molar-refractivity contribution < 1.29 is 0 Å². The minimum Gasteiger partial charge on any atom is -0.354 e. The average molecular weight is 284 g/mol. The lowest BCUT2D eigenvalue weighted by atomic mass is 9.83. The van der Waals surface area contributed by atoms with Crippen LogP contribution in [0.3, 0.4) is 0 Å². The molecule has 0 aromatic carbocycles. The van der Waals surface area contributed by atoms with Crippen molar-refractivity contribution in [2.75, 3.05) is 11.9 Å². The Bertz CT molecular complexity index is 318. The minimum atomic E-state index is 0.738. The first-order valence-corrected chi connectivity index (χ1v) is 6.75. The molecule has 1 aromatic heterocycles. The predicted octanol–water partition coefficient (Wildman–Crippen LogP) is 3.48. The molecule has 0 radical (unpaired) electrons. The van der Waals surface area contributed by atoms with Gasteiger partial charge in [0.15, 0.2) is 0 Å². The van der Waals surface area contributed by atoms with Gasteiger partial charge in [-0.15, -0.1) is 0 Å². The molecular weight excluding hydrogens is 266 g/mol. The van der Waals surface area contributed by atoms with Crippen molar-refractivity contribution in [3.05, 3.63) is 16.9 Å². The lowest BCUT2D eigenvalue weighted by molar-refractivity contribution is 0.300. The summed E-state index contributed by atoms with van der Waals surface area (Å²) in [6.45, 7) is 3.36. The Labute approximate surface area is 105 Å². The molecule has 3 nitrogen and oxygen atoms in total. The molecule has 1 fully saturated rings. The van der Waals surface area contributed by atoms with Crippen molar-refractivity contribution in [3.8, 4) is 0 Å². The van der Waals surface area contributed by atoms with E-state index in [1.54, 1.807) is 12.4 Å². The fourth-order valence-electron chi connectivity index (χ4n) is 2.17. The maximum absolute atomic E-state index is 4.21. The highest BCUT2D eigenvalue weighted by Gasteiger charge is 2.17. The molecule has 1 N–H and O–H groups in total. The van der Waals surface area contributed by atoms with Crippen molar-refractivity contribution in [2.45, 2.75) is 32.6 Å². The lowest BCUT2D eigenvalue weighted by Crippen LogP contribution is -2.20. The topological polar surface area (TPSA) is 37.8 Å². The number of rotatable bonds is 3. The SMILES string of the molecule is CC1CCC(CNc2ncc(Br)cn2)CC1. The number of anilines is 1. The molecule has 0 unspecified atom stereocenters. The van der Waals surface area contributed by atoms with Gasteiger partial charge in [-0.25, -0.2) is 9.97 Å². The van der Waals surface area contributed by atoms with Crippen LogP contribution < -0.4 is 5.32 Å². The highest BCUT2D eigenvalue weighted by atomic mass is 79.9. The molecule has 4 heteroatoms. The number of hydrogen-bond acceptors (Lipinski definition) is 3. The van der Waals surface area contributed by atoms with Crippen LogP contribution in [0.25, 0.3) is 0 Å². The van der Waals surface area contributed by atoms with E-state index in [2.05, 4.69) is 38.1 Å². The molecule has 2 rings (SSSR count). The van der Waals surface area contributed by atoms with Gasteiger partial charge >= 0.3 is 0 Å². The van der Waals surface area contributed by atoms with Crippen LogP contribution in [0.2, 0.25) is 0 Å². The average Bonchev–Trinajstić information content (AvgIpc) is 2.30. The van der Waals surface area contributed by atoms with Crippen LogP contribution in [0.15, 0.2) is 16.9 Å². The number of aromatic nitrogens is 2. The normalized spacial score (nSPS) is 25.4. The smallest absolute Gasteiger partial charge is 0.222 e. The van der Waals surface area contributed by atoms with E-state index in [1.807, 2.05) is 0 Å². The molecule has 0 bridgehead atoms. The summed E-state index contributed by atoms with van der Waals surface area (Å²) in [5, 5.41) is 3.31. The van der Waals surface area contributed by atoms with Crippen molar-refractivity contribution in [1.82, 2.24) is 9.97 Å². The van der Waals surface area contributed by atoms with Crippen LogP contribution in [0, 0.1) is 11.8 Å². The van der Waals surface area contributed by atoms with Crippen molar-refractivity contribution in [2.24, 2.45) is 11.8 Å². The lowest BCUT2D eigenvalue weighted by Gasteiger charge is -2.26. The molecular formula is C12H18BrN3. The van der Waals surface area contributed by atoms with Gasteiger partial charge in [0, 0.05) is 18.9 Å². The first kappa shape index (κ1) is 11.8. The van der Waals surface area contributed by atoms with E-state index in [0.29, 0.717) is 0 Å². The van der Waals surface area contributed by atoms with Crippen LogP contribution in [0.1, 0.15) is 32.6 Å². The molecule has 0 saturated heterocycles. The largest absolute Gasteiger partial charge is 0.354 e. The summed E-state index contributed by atoms with van der Waals surface area (Å²) in [7, 11) is 0. The van der Waals surface area contributed by atoms with Crippen LogP contribution in [-0.4, -0.2) is 16.5 Å². The first-order chi connectivity index (χ1) is 7.74. The molecule has 0 aliphatic heterocycles. The zero-order valence-corrected chi connectivity index (χ0v) is 11.2. The molecule has 1 aliphatic rings. The van der Waals surface area contributed by atoms with Gasteiger partial charge in [-0.05, 0) is 40.6 Å². The molecule has 1 saturated carbocycles. The number of halogens is 1. The standard InChI is InChI=1S/C12H18BrN3/c1-9-2-4-10(5-3-9)6-14-12-15-7-11(13)8-16-12/h7-10H,2-6H2,1H3,(H,14,15,16). The van der Waals surface area contributed by atoms with E-state index < -0.39 is 0 Å². The second kappa shape index (κ2) is 5.62. The Balaban J connectivity index is 1.77. The summed E-state index contributed by atoms with van der Waals surface area (Å²) in [5.74, 6) is 2.45. The highest BCUT2D eigenvalue weighted by molar-refractivity contribution is 9.10. The van der Waals surface area contributed by atoms with Gasteiger partial charge in [0.05, 0.1) is 4.47 Å². The molecule has 1 aliphatic carbocycles. The van der Waals surface area contributed by atoms with Gasteiger partial charge in [0.1, 0.15) is 0 Å². The second-order valence-electron chi connectivity index (χ2n) is 4.73. The van der Waals surface area contributed by atoms with E-state index in [-0.39, 0.29) is 0 Å². The fraction of sp³-hybridized carbons (Fsp3) is 0.667. The number of nitrogens with zero attached hydrogens (tertiary/aromatic N) is 2. The summed E-state index contributed by atoms with van der Waals surface area (Å²) in [5.41, 5.74) is 0. The van der Waals surface area contributed by atoms with E-state index in [9.17, 15) is 0 Å². The Morgan fingerprint density at radius 2 is 1.88 bits per heavy atom. The van der Waals surface area contributed by atoms with Gasteiger partial charge in [-0.3, -0.25) is 0 Å². The van der Waals surface area contributed by atoms with Gasteiger partial charge in [0.25, 0.3) is 0 Å². The highest BCUT2D eigenvalue weighted by Crippen LogP contribution is 2.28. The number of nitrogens with one attached hydrogen (secondary N) is 1. The van der Waals surface area contributed by atoms with E-state index in [1.165, 1.54) is 25.7 Å². The van der Waals surface area contributed by atoms with Gasteiger partial charge in [0.2, 0.25) is 5.95 Å². The third-order valence-corrected chi connectivity index (χ3v) is 3.71. The van der Waals surface area contributed by atoms with Crippen LogP contribution >= 0.6 is 15.9 Å². The Hall–Kier alpha value is -0.640. The third-order valence-electron chi connectivity index (χ3n) is 3.30. The van der Waals surface area contributed by atoms with Gasteiger partial charge in [-0.1, -0.05) is 19.8 Å². The summed E-state index contributed by atoms with van der Waals surface area (Å²) in [6, 6.07) is 0. The molecule has 0 atom stereocenters. The van der Waals surface area contributed by atoms with Crippen LogP contribution in [-0.2, 0) is 0 Å². The van der Waals surface area contributed by atoms with Crippen molar-refractivity contribution in [1.29, 1.82) is 0 Å². The number of hydrogen-bond donors (Lipinski definition) is 1. The Morgan fingerprint density at radius 1 is 1.25 bits per heavy atom. The summed E-state index contributed by atoms with van der Waals surface area (Å²) >= 11 is 3.33. The molecule has 0 amide bonds. The molecule has 1 aromatic rings. The molecule has 1 heterocycles. The van der Waals surface area contributed by atoms with E-state index >= 15 is 0 Å². The Morgan fingerprint density at radius 3 is 2.50 bits per heavy atom. The Kier molecular flexibility index (Phi) is 4.16. The summed E-state index contributed by atoms with van der Waals surface area (Å²) in [6.07, 6.45) is 8.97. The monoisotopic (exact) mass is 283 g/mol. The predicted molar refractivity (Wildman–Crippen MR) is 69.3 cm³/mol. The molecule has 88 valence electrons. The second-order valence-corrected chi connectivity index (χ2v) is 5.65. The molecule has 0 spiro atoms. The zero-order valence-electron chi connectivity index (χ0n) is 9.62. The quantitative estimate of drug-likeness (QED) is 0.923.